The molecule has 0 radical (unpaired) electrons. The van der Waals surface area contributed by atoms with Gasteiger partial charge in [-0.15, -0.1) is 11.3 Å². The van der Waals surface area contributed by atoms with Crippen LogP contribution in [0.15, 0.2) is 35.7 Å². The Morgan fingerprint density at radius 1 is 1.20 bits per heavy atom. The van der Waals surface area contributed by atoms with Crippen LogP contribution in [0.5, 0.6) is 0 Å². The minimum Gasteiger partial charge on any atom is -0.309 e. The summed E-state index contributed by atoms with van der Waals surface area (Å²) in [6.07, 6.45) is 3.31. The quantitative estimate of drug-likeness (QED) is 0.723. The molecule has 0 amide bonds. The molecule has 1 atom stereocenters. The molecule has 20 heavy (non-hydrogen) atoms. The van der Waals surface area contributed by atoms with Crippen molar-refractivity contribution < 1.29 is 0 Å². The Bertz CT molecular complexity index is 518. The molecular weight excluding hydrogens is 286 g/mol. The summed E-state index contributed by atoms with van der Waals surface area (Å²) >= 11 is 8.04. The van der Waals surface area contributed by atoms with Gasteiger partial charge in [-0.05, 0) is 49.7 Å². The van der Waals surface area contributed by atoms with Crippen LogP contribution in [0.25, 0.3) is 0 Å². The average Bonchev–Trinajstić information content (AvgIpc) is 2.87. The van der Waals surface area contributed by atoms with E-state index in [1.165, 1.54) is 16.0 Å². The molecule has 1 heterocycles. The van der Waals surface area contributed by atoms with Gasteiger partial charge >= 0.3 is 0 Å². The van der Waals surface area contributed by atoms with Gasteiger partial charge in [-0.25, -0.2) is 0 Å². The summed E-state index contributed by atoms with van der Waals surface area (Å²) in [4.78, 5) is 1.27. The monoisotopic (exact) mass is 307 g/mol. The van der Waals surface area contributed by atoms with E-state index in [1.54, 1.807) is 11.3 Å². The van der Waals surface area contributed by atoms with Crippen LogP contribution in [0.1, 0.15) is 41.8 Å². The normalized spacial score (nSPS) is 12.6. The standard InChI is InChI=1S/C17H22ClNS/c1-3-11-19-16(17-15(18)10-12-20-17)9-8-14-6-4-13(2)5-7-14/h4-7,10,12,16,19H,3,8-9,11H2,1-2H3. The van der Waals surface area contributed by atoms with Gasteiger partial charge in [-0.3, -0.25) is 0 Å². The molecule has 1 N–H and O–H groups in total. The lowest BCUT2D eigenvalue weighted by Gasteiger charge is -2.18. The Balaban J connectivity index is 2.01. The zero-order valence-corrected chi connectivity index (χ0v) is 13.7. The molecule has 1 aromatic carbocycles. The highest BCUT2D eigenvalue weighted by Gasteiger charge is 2.15. The summed E-state index contributed by atoms with van der Waals surface area (Å²) in [6, 6.07) is 11.2. The van der Waals surface area contributed by atoms with E-state index in [-0.39, 0.29) is 0 Å². The molecule has 0 spiro atoms. The summed E-state index contributed by atoms with van der Waals surface area (Å²) in [5.41, 5.74) is 2.71. The first kappa shape index (κ1) is 15.6. The molecule has 1 aromatic heterocycles. The molecule has 0 saturated carbocycles. The molecule has 0 aliphatic rings. The van der Waals surface area contributed by atoms with Crippen LogP contribution in [0.3, 0.4) is 0 Å². The number of aryl methyl sites for hydroxylation is 2. The molecule has 0 fully saturated rings. The maximum absolute atomic E-state index is 6.29. The Labute approximate surface area is 131 Å². The first-order valence-corrected chi connectivity index (χ1v) is 8.48. The third-order valence-corrected chi connectivity index (χ3v) is 4.92. The molecule has 0 saturated heterocycles. The maximum atomic E-state index is 6.29. The molecule has 0 aliphatic heterocycles. The van der Waals surface area contributed by atoms with Gasteiger partial charge in [0.2, 0.25) is 0 Å². The molecule has 0 bridgehead atoms. The van der Waals surface area contributed by atoms with E-state index in [9.17, 15) is 0 Å². The number of rotatable bonds is 7. The van der Waals surface area contributed by atoms with Gasteiger partial charge in [-0.1, -0.05) is 48.4 Å². The Morgan fingerprint density at radius 2 is 1.95 bits per heavy atom. The molecule has 3 heteroatoms. The SMILES string of the molecule is CCCNC(CCc1ccc(C)cc1)c1sccc1Cl. The zero-order valence-electron chi connectivity index (χ0n) is 12.2. The highest BCUT2D eigenvalue weighted by molar-refractivity contribution is 7.10. The number of hydrogen-bond donors (Lipinski definition) is 1. The van der Waals surface area contributed by atoms with Crippen LogP contribution >= 0.6 is 22.9 Å². The minimum absolute atomic E-state index is 0.365. The van der Waals surface area contributed by atoms with Crippen molar-refractivity contribution in [3.8, 4) is 0 Å². The third kappa shape index (κ3) is 4.34. The largest absolute Gasteiger partial charge is 0.309 e. The van der Waals surface area contributed by atoms with Crippen molar-refractivity contribution in [2.24, 2.45) is 0 Å². The highest BCUT2D eigenvalue weighted by Crippen LogP contribution is 2.31. The van der Waals surface area contributed by atoms with Crippen molar-refractivity contribution in [3.63, 3.8) is 0 Å². The lowest BCUT2D eigenvalue weighted by molar-refractivity contribution is 0.506. The number of halogens is 1. The van der Waals surface area contributed by atoms with Crippen LogP contribution in [0.4, 0.5) is 0 Å². The smallest absolute Gasteiger partial charge is 0.0561 e. The fourth-order valence-corrected chi connectivity index (χ4v) is 3.56. The van der Waals surface area contributed by atoms with Crippen LogP contribution in [-0.4, -0.2) is 6.54 Å². The van der Waals surface area contributed by atoms with E-state index in [2.05, 4.69) is 48.8 Å². The summed E-state index contributed by atoms with van der Waals surface area (Å²) in [5.74, 6) is 0. The second kappa shape index (κ2) is 7.82. The van der Waals surface area contributed by atoms with Gasteiger partial charge in [-0.2, -0.15) is 0 Å². The van der Waals surface area contributed by atoms with Crippen LogP contribution in [0.2, 0.25) is 5.02 Å². The first-order valence-electron chi connectivity index (χ1n) is 7.22. The predicted octanol–water partition coefficient (Wildman–Crippen LogP) is 5.38. The lowest BCUT2D eigenvalue weighted by atomic mass is 10.0. The van der Waals surface area contributed by atoms with Gasteiger partial charge in [0.15, 0.2) is 0 Å². The average molecular weight is 308 g/mol. The predicted molar refractivity (Wildman–Crippen MR) is 89.9 cm³/mol. The summed E-state index contributed by atoms with van der Waals surface area (Å²) in [6.45, 7) is 5.35. The van der Waals surface area contributed by atoms with Crippen molar-refractivity contribution in [3.05, 3.63) is 56.7 Å². The summed E-state index contributed by atoms with van der Waals surface area (Å²) < 4.78 is 0. The van der Waals surface area contributed by atoms with Crippen molar-refractivity contribution in [1.82, 2.24) is 5.32 Å². The maximum Gasteiger partial charge on any atom is 0.0561 e. The highest BCUT2D eigenvalue weighted by atomic mass is 35.5. The Morgan fingerprint density at radius 3 is 2.55 bits per heavy atom. The van der Waals surface area contributed by atoms with E-state index in [0.717, 1.165) is 30.8 Å². The molecule has 108 valence electrons. The van der Waals surface area contributed by atoms with Gasteiger partial charge in [0.25, 0.3) is 0 Å². The molecule has 1 unspecified atom stereocenters. The Kier molecular flexibility index (Phi) is 6.08. The van der Waals surface area contributed by atoms with Gasteiger partial charge in [0.1, 0.15) is 0 Å². The van der Waals surface area contributed by atoms with Crippen LogP contribution in [0, 0.1) is 6.92 Å². The second-order valence-corrected chi connectivity index (χ2v) is 6.52. The fourth-order valence-electron chi connectivity index (χ4n) is 2.26. The minimum atomic E-state index is 0.365. The van der Waals surface area contributed by atoms with Crippen molar-refractivity contribution >= 4 is 22.9 Å². The van der Waals surface area contributed by atoms with E-state index >= 15 is 0 Å². The van der Waals surface area contributed by atoms with Crippen molar-refractivity contribution in [2.45, 2.75) is 39.2 Å². The molecule has 2 aromatic rings. The Hall–Kier alpha value is -0.830. The van der Waals surface area contributed by atoms with E-state index in [0.29, 0.717) is 6.04 Å². The van der Waals surface area contributed by atoms with Crippen molar-refractivity contribution in [1.29, 1.82) is 0 Å². The van der Waals surface area contributed by atoms with Crippen molar-refractivity contribution in [2.75, 3.05) is 6.54 Å². The van der Waals surface area contributed by atoms with Gasteiger partial charge in [0, 0.05) is 10.9 Å². The summed E-state index contributed by atoms with van der Waals surface area (Å²) in [7, 11) is 0. The molecule has 1 nitrogen and oxygen atoms in total. The number of thiophene rings is 1. The molecule has 0 aliphatic carbocycles. The van der Waals surface area contributed by atoms with E-state index < -0.39 is 0 Å². The van der Waals surface area contributed by atoms with E-state index in [4.69, 9.17) is 11.6 Å². The first-order chi connectivity index (χ1) is 9.70. The lowest BCUT2D eigenvalue weighted by Crippen LogP contribution is -2.22. The summed E-state index contributed by atoms with van der Waals surface area (Å²) in [5, 5.41) is 6.59. The fraction of sp³-hybridized carbons (Fsp3) is 0.412. The topological polar surface area (TPSA) is 12.0 Å². The number of nitrogens with one attached hydrogen (secondary N) is 1. The molecular formula is C17H22ClNS. The van der Waals surface area contributed by atoms with E-state index in [1.807, 2.05) is 6.07 Å². The molecule has 2 rings (SSSR count). The number of hydrogen-bond acceptors (Lipinski definition) is 2. The zero-order chi connectivity index (χ0) is 14.4. The van der Waals surface area contributed by atoms with Gasteiger partial charge in [0.05, 0.1) is 5.02 Å². The van der Waals surface area contributed by atoms with Crippen LogP contribution < -0.4 is 5.32 Å². The second-order valence-electron chi connectivity index (χ2n) is 5.16. The van der Waals surface area contributed by atoms with Crippen LogP contribution in [-0.2, 0) is 6.42 Å². The third-order valence-electron chi connectivity index (χ3n) is 3.44. The van der Waals surface area contributed by atoms with Gasteiger partial charge < -0.3 is 5.32 Å². The number of benzene rings is 1.